The molecular formula is C11H12FNO2. The lowest BCUT2D eigenvalue weighted by Gasteiger charge is -2.04. The topological polar surface area (TPSA) is 46.2 Å². The summed E-state index contributed by atoms with van der Waals surface area (Å²) in [4.78, 5) is 22.1. The lowest BCUT2D eigenvalue weighted by Crippen LogP contribution is -2.20. The molecule has 0 heterocycles. The minimum atomic E-state index is -0.469. The lowest BCUT2D eigenvalue weighted by atomic mass is 10.0. The van der Waals surface area contributed by atoms with Gasteiger partial charge in [0, 0.05) is 12.6 Å². The Bertz CT molecular complexity index is 402. The van der Waals surface area contributed by atoms with Crippen LogP contribution in [0.4, 0.5) is 4.39 Å². The van der Waals surface area contributed by atoms with Crippen molar-refractivity contribution in [1.29, 1.82) is 0 Å². The Balaban J connectivity index is 3.00. The predicted octanol–water partition coefficient (Wildman–Crippen LogP) is 1.32. The average molecular weight is 209 g/mol. The number of ketones is 1. The molecule has 0 spiro atoms. The highest BCUT2D eigenvalue weighted by atomic mass is 19.1. The first-order chi connectivity index (χ1) is 7.04. The van der Waals surface area contributed by atoms with Crippen LogP contribution in [0.1, 0.15) is 22.8 Å². The molecule has 1 N–H and O–H groups in total. The number of likely N-dealkylation sites (N-methyl/N-ethyl adjacent to an activating group) is 1. The molecule has 1 amide bonds. The first kappa shape index (κ1) is 11.4. The highest BCUT2D eigenvalue weighted by Crippen LogP contribution is 2.11. The first-order valence-electron chi connectivity index (χ1n) is 4.54. The first-order valence-corrected chi connectivity index (χ1v) is 4.54. The average Bonchev–Trinajstić information content (AvgIpc) is 2.20. The molecule has 0 saturated heterocycles. The summed E-state index contributed by atoms with van der Waals surface area (Å²) in [6, 6.07) is 4.02. The molecule has 3 nitrogen and oxygen atoms in total. The Labute approximate surface area is 87.3 Å². The van der Waals surface area contributed by atoms with Crippen LogP contribution in [-0.4, -0.2) is 18.7 Å². The Morgan fingerprint density at radius 2 is 2.07 bits per heavy atom. The van der Waals surface area contributed by atoms with Crippen LogP contribution in [0, 0.1) is 5.82 Å². The van der Waals surface area contributed by atoms with E-state index in [1.54, 1.807) is 0 Å². The normalized spacial score (nSPS) is 9.80. The summed E-state index contributed by atoms with van der Waals surface area (Å²) < 4.78 is 13.2. The number of benzene rings is 1. The van der Waals surface area contributed by atoms with Gasteiger partial charge in [-0.05, 0) is 30.7 Å². The molecule has 1 aromatic carbocycles. The van der Waals surface area contributed by atoms with Crippen LogP contribution in [0.5, 0.6) is 0 Å². The molecule has 0 fully saturated rings. The summed E-state index contributed by atoms with van der Waals surface area (Å²) in [6.07, 6.45) is -0.0521. The fourth-order valence-electron chi connectivity index (χ4n) is 1.19. The van der Waals surface area contributed by atoms with Crippen LogP contribution in [0.2, 0.25) is 0 Å². The van der Waals surface area contributed by atoms with Gasteiger partial charge < -0.3 is 5.32 Å². The van der Waals surface area contributed by atoms with Crippen molar-refractivity contribution in [1.82, 2.24) is 5.32 Å². The van der Waals surface area contributed by atoms with E-state index in [2.05, 4.69) is 5.32 Å². The van der Waals surface area contributed by atoms with Gasteiger partial charge in [-0.15, -0.1) is 0 Å². The summed E-state index contributed by atoms with van der Waals surface area (Å²) in [6.45, 7) is 1.40. The zero-order chi connectivity index (χ0) is 11.4. The second-order valence-electron chi connectivity index (χ2n) is 3.21. The van der Waals surface area contributed by atoms with Gasteiger partial charge in [0.25, 0.3) is 0 Å². The van der Waals surface area contributed by atoms with Crippen LogP contribution in [0.15, 0.2) is 18.2 Å². The van der Waals surface area contributed by atoms with Crippen molar-refractivity contribution in [3.63, 3.8) is 0 Å². The van der Waals surface area contributed by atoms with Crippen LogP contribution >= 0.6 is 0 Å². The third-order valence-electron chi connectivity index (χ3n) is 2.08. The second kappa shape index (κ2) is 4.68. The van der Waals surface area contributed by atoms with Crippen molar-refractivity contribution in [3.05, 3.63) is 35.1 Å². The zero-order valence-corrected chi connectivity index (χ0v) is 8.63. The molecule has 4 heteroatoms. The Hall–Kier alpha value is -1.71. The maximum Gasteiger partial charge on any atom is 0.224 e. The zero-order valence-electron chi connectivity index (χ0n) is 8.63. The molecule has 0 unspecified atom stereocenters. The molecule has 0 aromatic heterocycles. The van der Waals surface area contributed by atoms with E-state index in [1.165, 1.54) is 32.2 Å². The number of carbonyl (C=O) groups is 2. The molecular weight excluding hydrogens is 197 g/mol. The number of Topliss-reactive ketones (excluding diaryl/α,β-unsaturated/α-hetero) is 1. The summed E-state index contributed by atoms with van der Waals surface area (Å²) in [5.41, 5.74) is 0.650. The van der Waals surface area contributed by atoms with Crippen LogP contribution in [-0.2, 0) is 11.2 Å². The molecule has 0 bridgehead atoms. The molecule has 0 saturated carbocycles. The smallest absolute Gasteiger partial charge is 0.224 e. The fourth-order valence-corrected chi connectivity index (χ4v) is 1.19. The van der Waals surface area contributed by atoms with Gasteiger partial charge in [-0.25, -0.2) is 4.39 Å². The van der Waals surface area contributed by atoms with Crippen LogP contribution in [0.3, 0.4) is 0 Å². The second-order valence-corrected chi connectivity index (χ2v) is 3.21. The summed E-state index contributed by atoms with van der Waals surface area (Å²) >= 11 is 0. The van der Waals surface area contributed by atoms with Gasteiger partial charge in [-0.1, -0.05) is 0 Å². The molecule has 1 aromatic rings. The minimum absolute atomic E-state index is 0.0521. The number of carbonyl (C=O) groups excluding carboxylic acids is 2. The quantitative estimate of drug-likeness (QED) is 0.763. The molecule has 1 rings (SSSR count). The molecule has 0 radical (unpaired) electrons. The monoisotopic (exact) mass is 209 g/mol. The summed E-state index contributed by atoms with van der Waals surface area (Å²) in [5, 5.41) is 2.40. The molecule has 15 heavy (non-hydrogen) atoms. The van der Waals surface area contributed by atoms with Crippen molar-refractivity contribution in [2.75, 3.05) is 7.05 Å². The Morgan fingerprint density at radius 3 is 2.60 bits per heavy atom. The lowest BCUT2D eigenvalue weighted by molar-refractivity contribution is -0.120. The summed E-state index contributed by atoms with van der Waals surface area (Å²) in [5.74, 6) is -0.897. The molecule has 0 aliphatic heterocycles. The number of hydrogen-bond donors (Lipinski definition) is 1. The van der Waals surface area contributed by atoms with Crippen molar-refractivity contribution in [3.8, 4) is 0 Å². The van der Waals surface area contributed by atoms with E-state index < -0.39 is 5.82 Å². The van der Waals surface area contributed by atoms with Gasteiger partial charge >= 0.3 is 0 Å². The van der Waals surface area contributed by atoms with Gasteiger partial charge in [0.05, 0.1) is 6.42 Å². The van der Waals surface area contributed by atoms with Crippen molar-refractivity contribution >= 4 is 11.7 Å². The van der Waals surface area contributed by atoms with E-state index in [-0.39, 0.29) is 23.7 Å². The third-order valence-corrected chi connectivity index (χ3v) is 2.08. The minimum Gasteiger partial charge on any atom is -0.359 e. The maximum absolute atomic E-state index is 13.2. The third kappa shape index (κ3) is 2.87. The van der Waals surface area contributed by atoms with E-state index >= 15 is 0 Å². The van der Waals surface area contributed by atoms with E-state index in [4.69, 9.17) is 0 Å². The van der Waals surface area contributed by atoms with E-state index in [9.17, 15) is 14.0 Å². The number of hydrogen-bond acceptors (Lipinski definition) is 2. The Morgan fingerprint density at radius 1 is 1.40 bits per heavy atom. The van der Waals surface area contributed by atoms with Crippen molar-refractivity contribution < 1.29 is 14.0 Å². The Kier molecular flexibility index (Phi) is 3.55. The number of halogens is 1. The highest BCUT2D eigenvalue weighted by Gasteiger charge is 2.09. The van der Waals surface area contributed by atoms with Gasteiger partial charge in [-0.2, -0.15) is 0 Å². The van der Waals surface area contributed by atoms with E-state index in [0.29, 0.717) is 5.56 Å². The van der Waals surface area contributed by atoms with Crippen LogP contribution in [0.25, 0.3) is 0 Å². The van der Waals surface area contributed by atoms with Crippen molar-refractivity contribution in [2.45, 2.75) is 13.3 Å². The predicted molar refractivity (Wildman–Crippen MR) is 54.2 cm³/mol. The highest BCUT2D eigenvalue weighted by molar-refractivity contribution is 5.94. The summed E-state index contributed by atoms with van der Waals surface area (Å²) in [7, 11) is 1.48. The van der Waals surface area contributed by atoms with Gasteiger partial charge in [-0.3, -0.25) is 9.59 Å². The van der Waals surface area contributed by atoms with Gasteiger partial charge in [0.2, 0.25) is 5.91 Å². The van der Waals surface area contributed by atoms with Gasteiger partial charge in [0.1, 0.15) is 5.82 Å². The fraction of sp³-hybridized carbons (Fsp3) is 0.273. The van der Waals surface area contributed by atoms with Gasteiger partial charge in [0.15, 0.2) is 5.78 Å². The molecule has 0 atom stereocenters. The largest absolute Gasteiger partial charge is 0.359 e. The number of nitrogens with one attached hydrogen (secondary N) is 1. The molecule has 0 aliphatic rings. The molecule has 0 aliphatic carbocycles. The molecule has 80 valence electrons. The number of rotatable bonds is 3. The van der Waals surface area contributed by atoms with Crippen LogP contribution < -0.4 is 5.32 Å². The maximum atomic E-state index is 13.2. The van der Waals surface area contributed by atoms with E-state index in [1.807, 2.05) is 0 Å². The number of amides is 1. The van der Waals surface area contributed by atoms with Crippen molar-refractivity contribution in [2.24, 2.45) is 0 Å². The van der Waals surface area contributed by atoms with E-state index in [0.717, 1.165) is 0 Å². The standard InChI is InChI=1S/C11H12FNO2/c1-7(14)8-3-4-10(12)9(5-8)6-11(15)13-2/h3-5H,6H2,1-2H3,(H,13,15). The SMILES string of the molecule is CNC(=O)Cc1cc(C(C)=O)ccc1F.